The Kier molecular flexibility index (Phi) is 4.80. The zero-order valence-electron chi connectivity index (χ0n) is 12.8. The molecule has 0 radical (unpaired) electrons. The molecule has 1 aromatic carbocycles. The topological polar surface area (TPSA) is 58.1 Å². The summed E-state index contributed by atoms with van der Waals surface area (Å²) in [5.74, 6) is -0.324. The van der Waals surface area contributed by atoms with Crippen LogP contribution in [0.25, 0.3) is 0 Å². The molecular formula is C17H19FN4O. The molecule has 0 saturated heterocycles. The highest BCUT2D eigenvalue weighted by atomic mass is 19.1. The van der Waals surface area contributed by atoms with Gasteiger partial charge in [-0.2, -0.15) is 0 Å². The molecule has 1 aliphatic carbocycles. The first-order valence-corrected chi connectivity index (χ1v) is 7.80. The minimum Gasteiger partial charge on any atom is -0.316 e. The lowest BCUT2D eigenvalue weighted by Crippen LogP contribution is -2.41. The molecule has 1 saturated carbocycles. The Morgan fingerprint density at radius 1 is 1.22 bits per heavy atom. The first-order chi connectivity index (χ1) is 11.2. The second-order valence-electron chi connectivity index (χ2n) is 5.70. The molecule has 120 valence electrons. The minimum atomic E-state index is -0.324. The fourth-order valence-corrected chi connectivity index (χ4v) is 2.90. The van der Waals surface area contributed by atoms with Crippen molar-refractivity contribution in [3.05, 3.63) is 54.4 Å². The van der Waals surface area contributed by atoms with Crippen LogP contribution in [0.4, 0.5) is 14.9 Å². The van der Waals surface area contributed by atoms with Crippen molar-refractivity contribution >= 4 is 11.7 Å². The summed E-state index contributed by atoms with van der Waals surface area (Å²) in [6.07, 6.45) is 9.17. The monoisotopic (exact) mass is 314 g/mol. The molecule has 2 aromatic rings. The normalized spacial score (nSPS) is 14.7. The van der Waals surface area contributed by atoms with Gasteiger partial charge in [0, 0.05) is 24.1 Å². The van der Waals surface area contributed by atoms with Crippen LogP contribution >= 0.6 is 0 Å². The zero-order valence-corrected chi connectivity index (χ0v) is 12.8. The van der Waals surface area contributed by atoms with Crippen LogP contribution in [0.15, 0.2) is 42.9 Å². The Balaban J connectivity index is 1.73. The number of carbonyl (C=O) groups is 1. The number of rotatable bonds is 4. The van der Waals surface area contributed by atoms with Crippen molar-refractivity contribution in [1.82, 2.24) is 14.9 Å². The lowest BCUT2D eigenvalue weighted by molar-refractivity contribution is 0.183. The van der Waals surface area contributed by atoms with Crippen molar-refractivity contribution in [3.8, 4) is 0 Å². The average Bonchev–Trinajstić information content (AvgIpc) is 3.10. The summed E-state index contributed by atoms with van der Waals surface area (Å²) in [6.45, 7) is 0.422. The molecule has 3 rings (SSSR count). The number of carbonyl (C=O) groups excluding carboxylic acids is 1. The number of nitrogens with one attached hydrogen (secondary N) is 1. The molecule has 23 heavy (non-hydrogen) atoms. The third-order valence-corrected chi connectivity index (χ3v) is 4.07. The summed E-state index contributed by atoms with van der Waals surface area (Å²) in [6, 6.07) is 5.80. The Labute approximate surface area is 134 Å². The quantitative estimate of drug-likeness (QED) is 0.938. The lowest BCUT2D eigenvalue weighted by Gasteiger charge is -2.28. The maximum absolute atomic E-state index is 13.0. The van der Waals surface area contributed by atoms with E-state index < -0.39 is 0 Å². The van der Waals surface area contributed by atoms with Gasteiger partial charge in [0.2, 0.25) is 0 Å². The fraction of sp³-hybridized carbons (Fsp3) is 0.353. The minimum absolute atomic E-state index is 0.186. The molecule has 0 unspecified atom stereocenters. The Hall–Kier alpha value is -2.50. The highest BCUT2D eigenvalue weighted by Crippen LogP contribution is 2.25. The van der Waals surface area contributed by atoms with Crippen LogP contribution in [-0.2, 0) is 6.54 Å². The second kappa shape index (κ2) is 7.17. The summed E-state index contributed by atoms with van der Waals surface area (Å²) in [4.78, 5) is 22.8. The van der Waals surface area contributed by atoms with Crippen molar-refractivity contribution in [2.75, 3.05) is 5.32 Å². The van der Waals surface area contributed by atoms with Crippen LogP contribution in [0.5, 0.6) is 0 Å². The summed E-state index contributed by atoms with van der Waals surface area (Å²) in [5, 5.41) is 2.84. The van der Waals surface area contributed by atoms with Gasteiger partial charge in [-0.3, -0.25) is 9.97 Å². The van der Waals surface area contributed by atoms with E-state index in [1.807, 2.05) is 0 Å². The zero-order chi connectivity index (χ0) is 16.1. The Morgan fingerprint density at radius 3 is 2.61 bits per heavy atom. The van der Waals surface area contributed by atoms with Gasteiger partial charge in [-0.05, 0) is 37.1 Å². The molecule has 6 heteroatoms. The number of anilines is 1. The highest BCUT2D eigenvalue weighted by Gasteiger charge is 2.27. The molecule has 1 N–H and O–H groups in total. The van der Waals surface area contributed by atoms with Gasteiger partial charge in [0.05, 0.1) is 18.4 Å². The molecule has 1 heterocycles. The molecule has 0 aliphatic heterocycles. The first-order valence-electron chi connectivity index (χ1n) is 7.80. The number of nitrogens with zero attached hydrogens (tertiary/aromatic N) is 3. The van der Waals surface area contributed by atoms with E-state index >= 15 is 0 Å². The maximum Gasteiger partial charge on any atom is 0.322 e. The van der Waals surface area contributed by atoms with Crippen molar-refractivity contribution in [3.63, 3.8) is 0 Å². The van der Waals surface area contributed by atoms with Crippen molar-refractivity contribution in [1.29, 1.82) is 0 Å². The number of amides is 2. The number of hydrogen-bond acceptors (Lipinski definition) is 3. The van der Waals surface area contributed by atoms with Gasteiger partial charge >= 0.3 is 6.03 Å². The van der Waals surface area contributed by atoms with E-state index in [-0.39, 0.29) is 17.9 Å². The van der Waals surface area contributed by atoms with Crippen LogP contribution in [-0.4, -0.2) is 26.9 Å². The molecule has 0 atom stereocenters. The predicted molar refractivity (Wildman–Crippen MR) is 85.2 cm³/mol. The third-order valence-electron chi connectivity index (χ3n) is 4.07. The van der Waals surface area contributed by atoms with Crippen LogP contribution < -0.4 is 5.32 Å². The second-order valence-corrected chi connectivity index (χ2v) is 5.70. The number of halogens is 1. The average molecular weight is 314 g/mol. The predicted octanol–water partition coefficient (Wildman–Crippen LogP) is 3.59. The largest absolute Gasteiger partial charge is 0.322 e. The maximum atomic E-state index is 13.0. The first kappa shape index (κ1) is 15.4. The van der Waals surface area contributed by atoms with Gasteiger partial charge in [0.1, 0.15) is 5.82 Å². The Morgan fingerprint density at radius 2 is 1.96 bits per heavy atom. The molecule has 2 amide bonds. The van der Waals surface area contributed by atoms with Gasteiger partial charge in [-0.1, -0.05) is 12.8 Å². The van der Waals surface area contributed by atoms with Gasteiger partial charge in [0.25, 0.3) is 0 Å². The van der Waals surface area contributed by atoms with Crippen LogP contribution in [0.2, 0.25) is 0 Å². The molecule has 0 spiro atoms. The van der Waals surface area contributed by atoms with E-state index in [2.05, 4.69) is 15.3 Å². The highest BCUT2D eigenvalue weighted by molar-refractivity contribution is 5.89. The van der Waals surface area contributed by atoms with Gasteiger partial charge in [-0.15, -0.1) is 0 Å². The van der Waals surface area contributed by atoms with E-state index in [9.17, 15) is 9.18 Å². The summed E-state index contributed by atoms with van der Waals surface area (Å²) >= 11 is 0. The molecule has 1 aliphatic rings. The van der Waals surface area contributed by atoms with Crippen molar-refractivity contribution in [2.45, 2.75) is 38.3 Å². The van der Waals surface area contributed by atoms with E-state index in [0.29, 0.717) is 12.2 Å². The standard InChI is InChI=1S/C17H19FN4O/c18-13-5-7-14(8-6-13)21-17(23)22(16-3-1-2-4-16)12-15-11-19-9-10-20-15/h5-11,16H,1-4,12H2,(H,21,23). The molecule has 1 fully saturated rings. The summed E-state index contributed by atoms with van der Waals surface area (Å²) < 4.78 is 13.0. The number of benzene rings is 1. The van der Waals surface area contributed by atoms with Crippen LogP contribution in [0.3, 0.4) is 0 Å². The smallest absolute Gasteiger partial charge is 0.316 e. The van der Waals surface area contributed by atoms with Crippen molar-refractivity contribution in [2.24, 2.45) is 0 Å². The van der Waals surface area contributed by atoms with Gasteiger partial charge in [0.15, 0.2) is 0 Å². The number of urea groups is 1. The summed E-state index contributed by atoms with van der Waals surface area (Å²) in [7, 11) is 0. The Bertz CT molecular complexity index is 641. The number of hydrogen-bond donors (Lipinski definition) is 1. The fourth-order valence-electron chi connectivity index (χ4n) is 2.90. The van der Waals surface area contributed by atoms with Gasteiger partial charge < -0.3 is 10.2 Å². The van der Waals surface area contributed by atoms with E-state index in [1.165, 1.54) is 12.1 Å². The molecular weight excluding hydrogens is 295 g/mol. The van der Waals surface area contributed by atoms with Crippen molar-refractivity contribution < 1.29 is 9.18 Å². The van der Waals surface area contributed by atoms with Crippen LogP contribution in [0.1, 0.15) is 31.4 Å². The molecule has 1 aromatic heterocycles. The van der Waals surface area contributed by atoms with E-state index in [4.69, 9.17) is 0 Å². The third kappa shape index (κ3) is 4.03. The van der Waals surface area contributed by atoms with E-state index in [0.717, 1.165) is 31.4 Å². The SMILES string of the molecule is O=C(Nc1ccc(F)cc1)N(Cc1cnccn1)C1CCCC1. The molecule has 5 nitrogen and oxygen atoms in total. The van der Waals surface area contributed by atoms with Gasteiger partial charge in [-0.25, -0.2) is 9.18 Å². The van der Waals surface area contributed by atoms with E-state index in [1.54, 1.807) is 35.6 Å². The number of aromatic nitrogens is 2. The molecule has 0 bridgehead atoms. The summed E-state index contributed by atoms with van der Waals surface area (Å²) in [5.41, 5.74) is 1.34. The van der Waals surface area contributed by atoms with Crippen LogP contribution in [0, 0.1) is 5.82 Å². The lowest BCUT2D eigenvalue weighted by atomic mass is 10.2.